The molecule has 9 heteroatoms. The summed E-state index contributed by atoms with van der Waals surface area (Å²) in [5.41, 5.74) is 0. The highest BCUT2D eigenvalue weighted by molar-refractivity contribution is 6.41. The molecule has 0 amide bonds. The van der Waals surface area contributed by atoms with Crippen molar-refractivity contribution < 1.29 is 14.3 Å². The molecule has 0 aliphatic rings. The van der Waals surface area contributed by atoms with Crippen LogP contribution in [0.1, 0.15) is 0 Å². The van der Waals surface area contributed by atoms with Gasteiger partial charge in [0.2, 0.25) is 5.78 Å². The number of ketones is 1. The van der Waals surface area contributed by atoms with Crippen LogP contribution >= 0.6 is 69.6 Å². The van der Waals surface area contributed by atoms with Crippen LogP contribution in [-0.2, 0) is 4.79 Å². The van der Waals surface area contributed by atoms with Gasteiger partial charge >= 0.3 is 0 Å². The minimum atomic E-state index is -0.376. The topological polar surface area (TPSA) is 35.5 Å². The number of carbonyl (C=O) groups is 1. The maximum Gasteiger partial charge on any atom is 0.207 e. The van der Waals surface area contributed by atoms with Gasteiger partial charge in [-0.3, -0.25) is 4.79 Å². The molecule has 0 heterocycles. The van der Waals surface area contributed by atoms with E-state index in [1.165, 1.54) is 24.3 Å². The van der Waals surface area contributed by atoms with Gasteiger partial charge in [0.25, 0.3) is 0 Å². The van der Waals surface area contributed by atoms with Gasteiger partial charge in [-0.2, -0.15) is 0 Å². The first-order chi connectivity index (χ1) is 11.3. The number of rotatable bonds is 6. The van der Waals surface area contributed by atoms with Crippen molar-refractivity contribution in [2.24, 2.45) is 0 Å². The quantitative estimate of drug-likeness (QED) is 0.497. The average Bonchev–Trinajstić information content (AvgIpc) is 2.44. The van der Waals surface area contributed by atoms with E-state index in [0.29, 0.717) is 10.0 Å². The number of hydrogen-bond donors (Lipinski definition) is 0. The molecule has 0 radical (unpaired) electrons. The predicted molar refractivity (Wildman–Crippen MR) is 98.9 cm³/mol. The molecule has 0 fully saturated rings. The smallest absolute Gasteiger partial charge is 0.207 e. The number of halogens is 6. The third-order valence-electron chi connectivity index (χ3n) is 2.68. The first kappa shape index (κ1) is 19.8. The number of ether oxygens (including phenoxy) is 2. The minimum Gasteiger partial charge on any atom is -0.483 e. The maximum atomic E-state index is 11.9. The monoisotopic (exact) mass is 446 g/mol. The van der Waals surface area contributed by atoms with Crippen LogP contribution in [-0.4, -0.2) is 19.0 Å². The molecule has 0 unspecified atom stereocenters. The van der Waals surface area contributed by atoms with E-state index in [4.69, 9.17) is 79.1 Å². The van der Waals surface area contributed by atoms with Crippen LogP contribution in [0, 0.1) is 0 Å². The minimum absolute atomic E-state index is 0.165. The number of benzene rings is 2. The van der Waals surface area contributed by atoms with E-state index in [0.717, 1.165) is 0 Å². The summed E-state index contributed by atoms with van der Waals surface area (Å²) >= 11 is 35.4. The Labute approximate surface area is 168 Å². The van der Waals surface area contributed by atoms with E-state index < -0.39 is 0 Å². The van der Waals surface area contributed by atoms with Crippen LogP contribution in [0.25, 0.3) is 0 Å². The average molecular weight is 449 g/mol. The summed E-state index contributed by atoms with van der Waals surface area (Å²) in [4.78, 5) is 11.9. The highest BCUT2D eigenvalue weighted by Gasteiger charge is 2.14. The first-order valence-electron chi connectivity index (χ1n) is 6.34. The van der Waals surface area contributed by atoms with E-state index in [2.05, 4.69) is 0 Å². The molecule has 0 aromatic heterocycles. The SMILES string of the molecule is O=C(COc1c(Cl)cc(Cl)cc1Cl)COc1c(Cl)cc(Cl)cc1Cl. The molecule has 24 heavy (non-hydrogen) atoms. The third-order valence-corrected chi connectivity index (χ3v) is 4.24. The molecule has 0 spiro atoms. The molecule has 0 bridgehead atoms. The third kappa shape index (κ3) is 5.22. The fraction of sp³-hybridized carbons (Fsp3) is 0.133. The fourth-order valence-electron chi connectivity index (χ4n) is 1.68. The van der Waals surface area contributed by atoms with E-state index in [9.17, 15) is 4.79 Å². The second kappa shape index (κ2) is 8.70. The van der Waals surface area contributed by atoms with Crippen molar-refractivity contribution in [3.05, 3.63) is 54.4 Å². The zero-order valence-corrected chi connectivity index (χ0v) is 16.3. The van der Waals surface area contributed by atoms with Gasteiger partial charge in [0, 0.05) is 10.0 Å². The van der Waals surface area contributed by atoms with Gasteiger partial charge in [-0.25, -0.2) is 0 Å². The Kier molecular flexibility index (Phi) is 7.17. The molecule has 0 aliphatic carbocycles. The Bertz CT molecular complexity index is 668. The van der Waals surface area contributed by atoms with Crippen LogP contribution in [0.5, 0.6) is 11.5 Å². The number of hydrogen-bond acceptors (Lipinski definition) is 3. The predicted octanol–water partition coefficient (Wildman–Crippen LogP) is 6.63. The van der Waals surface area contributed by atoms with E-state index in [1.54, 1.807) is 0 Å². The second-order valence-electron chi connectivity index (χ2n) is 4.51. The van der Waals surface area contributed by atoms with Gasteiger partial charge in [-0.15, -0.1) is 0 Å². The normalized spacial score (nSPS) is 10.6. The Hall–Kier alpha value is -0.550. The Morgan fingerprint density at radius 3 is 1.25 bits per heavy atom. The lowest BCUT2D eigenvalue weighted by Crippen LogP contribution is -2.19. The van der Waals surface area contributed by atoms with E-state index >= 15 is 0 Å². The molecule has 0 N–H and O–H groups in total. The molecular weight excluding hydrogens is 441 g/mol. The van der Waals surface area contributed by atoms with Crippen LogP contribution in [0.15, 0.2) is 24.3 Å². The van der Waals surface area contributed by atoms with Gasteiger partial charge in [-0.1, -0.05) is 69.6 Å². The van der Waals surface area contributed by atoms with Crippen molar-refractivity contribution >= 4 is 75.4 Å². The van der Waals surface area contributed by atoms with Crippen molar-refractivity contribution in [1.82, 2.24) is 0 Å². The molecule has 2 rings (SSSR count). The van der Waals surface area contributed by atoms with Gasteiger partial charge in [0.15, 0.2) is 24.7 Å². The van der Waals surface area contributed by atoms with Crippen molar-refractivity contribution in [3.63, 3.8) is 0 Å². The molecule has 128 valence electrons. The summed E-state index contributed by atoms with van der Waals surface area (Å²) in [5.74, 6) is -0.0450. The largest absolute Gasteiger partial charge is 0.483 e. The lowest BCUT2D eigenvalue weighted by atomic mass is 10.3. The number of Topliss-reactive ketones (excluding diaryl/α,β-unsaturated/α-hetero) is 1. The summed E-state index contributed by atoms with van der Waals surface area (Å²) < 4.78 is 10.6. The molecule has 3 nitrogen and oxygen atoms in total. The van der Waals surface area contributed by atoms with Crippen LogP contribution in [0.3, 0.4) is 0 Å². The standard InChI is InChI=1S/C15H8Cl6O3/c16-7-1-10(18)14(11(19)2-7)23-5-9(22)6-24-15-12(20)3-8(17)4-13(15)21/h1-4H,5-6H2. The van der Waals surface area contributed by atoms with Crippen molar-refractivity contribution in [2.45, 2.75) is 0 Å². The maximum absolute atomic E-state index is 11.9. The van der Waals surface area contributed by atoms with Gasteiger partial charge in [0.05, 0.1) is 20.1 Å². The van der Waals surface area contributed by atoms with Crippen molar-refractivity contribution in [2.75, 3.05) is 13.2 Å². The Balaban J connectivity index is 1.96. The highest BCUT2D eigenvalue weighted by atomic mass is 35.5. The molecule has 2 aromatic rings. The molecule has 0 saturated heterocycles. The summed E-state index contributed by atoms with van der Waals surface area (Å²) in [6.07, 6.45) is 0. The van der Waals surface area contributed by atoms with Gasteiger partial charge in [-0.05, 0) is 24.3 Å². The lowest BCUT2D eigenvalue weighted by molar-refractivity contribution is -0.123. The molecule has 0 aliphatic heterocycles. The van der Waals surface area contributed by atoms with E-state index in [-0.39, 0.29) is 50.6 Å². The molecule has 0 saturated carbocycles. The Morgan fingerprint density at radius 2 is 0.958 bits per heavy atom. The van der Waals surface area contributed by atoms with Gasteiger partial charge < -0.3 is 9.47 Å². The molecular formula is C15H8Cl6O3. The summed E-state index contributed by atoms with van der Waals surface area (Å²) in [5, 5.41) is 1.52. The number of carbonyl (C=O) groups excluding carboxylic acids is 1. The van der Waals surface area contributed by atoms with Crippen LogP contribution in [0.2, 0.25) is 30.1 Å². The summed E-state index contributed by atoms with van der Waals surface area (Å²) in [6.45, 7) is -0.603. The lowest BCUT2D eigenvalue weighted by Gasteiger charge is -2.12. The van der Waals surface area contributed by atoms with E-state index in [1.807, 2.05) is 0 Å². The van der Waals surface area contributed by atoms with Crippen LogP contribution in [0.4, 0.5) is 0 Å². The Morgan fingerprint density at radius 1 is 0.667 bits per heavy atom. The summed E-state index contributed by atoms with van der Waals surface area (Å²) in [7, 11) is 0. The molecule has 0 atom stereocenters. The second-order valence-corrected chi connectivity index (χ2v) is 7.01. The fourth-order valence-corrected chi connectivity index (χ4v) is 3.53. The van der Waals surface area contributed by atoms with Crippen LogP contribution < -0.4 is 9.47 Å². The zero-order valence-electron chi connectivity index (χ0n) is 11.7. The highest BCUT2D eigenvalue weighted by Crippen LogP contribution is 2.37. The van der Waals surface area contributed by atoms with Crippen molar-refractivity contribution in [1.29, 1.82) is 0 Å². The van der Waals surface area contributed by atoms with Gasteiger partial charge in [0.1, 0.15) is 0 Å². The van der Waals surface area contributed by atoms with Crippen molar-refractivity contribution in [3.8, 4) is 11.5 Å². The summed E-state index contributed by atoms with van der Waals surface area (Å²) in [6, 6.07) is 5.83. The first-order valence-corrected chi connectivity index (χ1v) is 8.61. The zero-order chi connectivity index (χ0) is 17.9. The molecule has 2 aromatic carbocycles.